The van der Waals surface area contributed by atoms with E-state index in [0.717, 1.165) is 12.8 Å². The van der Waals surface area contributed by atoms with Gasteiger partial charge in [-0.1, -0.05) is 0 Å². The zero-order chi connectivity index (χ0) is 13.0. The van der Waals surface area contributed by atoms with Gasteiger partial charge in [-0.2, -0.15) is 0 Å². The van der Waals surface area contributed by atoms with E-state index < -0.39 is 10.0 Å². The first-order chi connectivity index (χ1) is 8.59. The molecule has 6 nitrogen and oxygen atoms in total. The molecule has 1 aliphatic heterocycles. The second kappa shape index (κ2) is 5.64. The fourth-order valence-corrected chi connectivity index (χ4v) is 3.04. The van der Waals surface area contributed by atoms with Crippen molar-refractivity contribution in [1.82, 2.24) is 9.71 Å². The number of ether oxygens (including phenoxy) is 1. The molecule has 0 unspecified atom stereocenters. The molecule has 0 radical (unpaired) electrons. The minimum atomic E-state index is -3.62. The van der Waals surface area contributed by atoms with Crippen LogP contribution in [-0.2, 0) is 14.8 Å². The van der Waals surface area contributed by atoms with E-state index in [2.05, 4.69) is 9.71 Å². The van der Waals surface area contributed by atoms with Crippen molar-refractivity contribution in [3.8, 4) is 0 Å². The molecule has 1 aromatic heterocycles. The number of aromatic nitrogens is 1. The maximum absolute atomic E-state index is 12.0. The van der Waals surface area contributed by atoms with Gasteiger partial charge < -0.3 is 10.5 Å². The first-order valence-corrected chi connectivity index (χ1v) is 7.36. The van der Waals surface area contributed by atoms with E-state index in [-0.39, 0.29) is 10.7 Å². The van der Waals surface area contributed by atoms with Crippen molar-refractivity contribution in [2.45, 2.75) is 17.9 Å². The largest absolute Gasteiger partial charge is 0.396 e. The zero-order valence-corrected chi connectivity index (χ0v) is 10.8. The molecule has 1 aliphatic rings. The highest BCUT2D eigenvalue weighted by Gasteiger charge is 2.21. The number of nitrogens with one attached hydrogen (secondary N) is 1. The van der Waals surface area contributed by atoms with E-state index in [0.29, 0.717) is 25.7 Å². The third-order valence-corrected chi connectivity index (χ3v) is 4.35. The third-order valence-electron chi connectivity index (χ3n) is 2.96. The highest BCUT2D eigenvalue weighted by molar-refractivity contribution is 7.89. The van der Waals surface area contributed by atoms with Crippen LogP contribution in [0.25, 0.3) is 0 Å². The highest BCUT2D eigenvalue weighted by Crippen LogP contribution is 2.17. The van der Waals surface area contributed by atoms with E-state index in [1.54, 1.807) is 6.07 Å². The fraction of sp³-hybridized carbons (Fsp3) is 0.545. The Hall–Kier alpha value is -1.18. The summed E-state index contributed by atoms with van der Waals surface area (Å²) in [7, 11) is -3.62. The van der Waals surface area contributed by atoms with Crippen molar-refractivity contribution in [3.63, 3.8) is 0 Å². The van der Waals surface area contributed by atoms with Crippen molar-refractivity contribution < 1.29 is 13.2 Å². The van der Waals surface area contributed by atoms with Crippen LogP contribution in [0.15, 0.2) is 23.4 Å². The summed E-state index contributed by atoms with van der Waals surface area (Å²) in [5.74, 6) is 0.318. The zero-order valence-electron chi connectivity index (χ0n) is 10.0. The standard InChI is InChI=1S/C11H17N3O3S/c12-10-2-1-5-13-11(10)18(15,16)14-8-9-3-6-17-7-4-9/h1-2,5,9,14H,3-4,6-8,12H2. The lowest BCUT2D eigenvalue weighted by atomic mass is 10.0. The summed E-state index contributed by atoms with van der Waals surface area (Å²) in [6.45, 7) is 1.79. The number of sulfonamides is 1. The van der Waals surface area contributed by atoms with Crippen molar-refractivity contribution in [2.75, 3.05) is 25.5 Å². The lowest BCUT2D eigenvalue weighted by Gasteiger charge is -2.22. The summed E-state index contributed by atoms with van der Waals surface area (Å²) in [5.41, 5.74) is 5.78. The number of rotatable bonds is 4. The summed E-state index contributed by atoms with van der Waals surface area (Å²) in [5, 5.41) is -0.0999. The van der Waals surface area contributed by atoms with Gasteiger partial charge in [0, 0.05) is 26.0 Å². The van der Waals surface area contributed by atoms with E-state index in [4.69, 9.17) is 10.5 Å². The highest BCUT2D eigenvalue weighted by atomic mass is 32.2. The molecule has 100 valence electrons. The summed E-state index contributed by atoms with van der Waals surface area (Å²) in [6.07, 6.45) is 3.17. The van der Waals surface area contributed by atoms with Crippen molar-refractivity contribution in [1.29, 1.82) is 0 Å². The van der Waals surface area contributed by atoms with Gasteiger partial charge in [0.05, 0.1) is 5.69 Å². The first-order valence-electron chi connectivity index (χ1n) is 5.87. The SMILES string of the molecule is Nc1cccnc1S(=O)(=O)NCC1CCOCC1. The van der Waals surface area contributed by atoms with Gasteiger partial charge >= 0.3 is 0 Å². The molecular formula is C11H17N3O3S. The monoisotopic (exact) mass is 271 g/mol. The molecule has 0 amide bonds. The van der Waals surface area contributed by atoms with Gasteiger partial charge in [0.15, 0.2) is 5.03 Å². The van der Waals surface area contributed by atoms with E-state index >= 15 is 0 Å². The molecule has 1 aromatic rings. The van der Waals surface area contributed by atoms with Crippen LogP contribution in [0, 0.1) is 5.92 Å². The molecule has 0 spiro atoms. The second-order valence-corrected chi connectivity index (χ2v) is 5.99. The maximum atomic E-state index is 12.0. The Labute approximate surface area is 107 Å². The molecule has 2 rings (SSSR count). The molecule has 18 heavy (non-hydrogen) atoms. The predicted molar refractivity (Wildman–Crippen MR) is 67.4 cm³/mol. The second-order valence-electron chi connectivity index (χ2n) is 4.31. The predicted octanol–water partition coefficient (Wildman–Crippen LogP) is 0.369. The van der Waals surface area contributed by atoms with Gasteiger partial charge in [0.2, 0.25) is 0 Å². The van der Waals surface area contributed by atoms with E-state index in [1.807, 2.05) is 0 Å². The summed E-state index contributed by atoms with van der Waals surface area (Å²) in [4.78, 5) is 3.81. The number of hydrogen-bond donors (Lipinski definition) is 2. The summed E-state index contributed by atoms with van der Waals surface area (Å²) >= 11 is 0. The third kappa shape index (κ3) is 3.18. The van der Waals surface area contributed by atoms with Gasteiger partial charge in [0.1, 0.15) is 0 Å². The maximum Gasteiger partial charge on any atom is 0.260 e. The van der Waals surface area contributed by atoms with Gasteiger partial charge in [-0.15, -0.1) is 0 Å². The molecule has 0 aliphatic carbocycles. The Morgan fingerprint density at radius 2 is 2.17 bits per heavy atom. The van der Waals surface area contributed by atoms with Crippen molar-refractivity contribution in [2.24, 2.45) is 5.92 Å². The summed E-state index contributed by atoms with van der Waals surface area (Å²) in [6, 6.07) is 3.13. The van der Waals surface area contributed by atoms with Crippen LogP contribution in [0.4, 0.5) is 5.69 Å². The molecule has 1 fully saturated rings. The molecule has 0 aromatic carbocycles. The number of nitrogens with two attached hydrogens (primary N) is 1. The fourth-order valence-electron chi connectivity index (χ4n) is 1.87. The first kappa shape index (κ1) is 13.3. The number of pyridine rings is 1. The van der Waals surface area contributed by atoms with Crippen molar-refractivity contribution in [3.05, 3.63) is 18.3 Å². The van der Waals surface area contributed by atoms with E-state index in [9.17, 15) is 8.42 Å². The molecule has 0 atom stereocenters. The van der Waals surface area contributed by atoms with Crippen molar-refractivity contribution >= 4 is 15.7 Å². The summed E-state index contributed by atoms with van der Waals surface area (Å²) < 4.78 is 31.8. The number of anilines is 1. The molecule has 0 bridgehead atoms. The molecule has 0 saturated carbocycles. The lowest BCUT2D eigenvalue weighted by Crippen LogP contribution is -2.33. The van der Waals surface area contributed by atoms with Crippen LogP contribution in [0.3, 0.4) is 0 Å². The minimum Gasteiger partial charge on any atom is -0.396 e. The average molecular weight is 271 g/mol. The van der Waals surface area contributed by atoms with Crippen LogP contribution >= 0.6 is 0 Å². The topological polar surface area (TPSA) is 94.3 Å². The molecular weight excluding hydrogens is 254 g/mol. The Bertz CT molecular complexity index is 498. The Balaban J connectivity index is 2.01. The minimum absolute atomic E-state index is 0.0999. The Morgan fingerprint density at radius 1 is 1.44 bits per heavy atom. The smallest absolute Gasteiger partial charge is 0.260 e. The normalized spacial score (nSPS) is 17.8. The van der Waals surface area contributed by atoms with Crippen LogP contribution in [0.5, 0.6) is 0 Å². The molecule has 3 N–H and O–H groups in total. The average Bonchev–Trinajstić information content (AvgIpc) is 2.38. The molecule has 2 heterocycles. The van der Waals surface area contributed by atoms with Crippen LogP contribution < -0.4 is 10.5 Å². The van der Waals surface area contributed by atoms with Gasteiger partial charge in [-0.3, -0.25) is 0 Å². The Morgan fingerprint density at radius 3 is 2.83 bits per heavy atom. The van der Waals surface area contributed by atoms with Gasteiger partial charge in [-0.05, 0) is 30.9 Å². The van der Waals surface area contributed by atoms with Crippen LogP contribution in [0.1, 0.15) is 12.8 Å². The molecule has 7 heteroatoms. The van der Waals surface area contributed by atoms with Crippen LogP contribution in [-0.4, -0.2) is 33.2 Å². The number of hydrogen-bond acceptors (Lipinski definition) is 5. The molecule has 1 saturated heterocycles. The van der Waals surface area contributed by atoms with Gasteiger partial charge in [0.25, 0.3) is 10.0 Å². The van der Waals surface area contributed by atoms with Gasteiger partial charge in [-0.25, -0.2) is 18.1 Å². The lowest BCUT2D eigenvalue weighted by molar-refractivity contribution is 0.0678. The number of nitrogens with zero attached hydrogens (tertiary/aromatic N) is 1. The number of nitrogen functional groups attached to an aromatic ring is 1. The Kier molecular flexibility index (Phi) is 4.15. The van der Waals surface area contributed by atoms with E-state index in [1.165, 1.54) is 12.3 Å². The van der Waals surface area contributed by atoms with Crippen LogP contribution in [0.2, 0.25) is 0 Å². The quantitative estimate of drug-likeness (QED) is 0.825.